The van der Waals surface area contributed by atoms with Crippen LogP contribution < -0.4 is 9.62 Å². The molecule has 1 aromatic heterocycles. The Morgan fingerprint density at radius 3 is 2.21 bits per heavy atom. The standard InChI is InChI=1S/C24H26F3N3O5S3/c1-23(31,24(25,26)27)18-9-11-19(12-10-18)30-14-13-29(38(34,35)22-8-5-15-36-22)17-20(30)16-28-37(32,33)21-6-3-2-4-7-21/h2-12,15,20,28,31H,13-14,16-17H2,1H3. The zero-order valence-electron chi connectivity index (χ0n) is 20.2. The third-order valence-corrected chi connectivity index (χ3v) is 11.1. The number of nitrogens with zero attached hydrogens (tertiary/aromatic N) is 2. The van der Waals surface area contributed by atoms with E-state index in [9.17, 15) is 35.1 Å². The van der Waals surface area contributed by atoms with E-state index in [0.717, 1.165) is 23.5 Å². The molecule has 4 rings (SSSR count). The number of halogens is 3. The van der Waals surface area contributed by atoms with Crippen molar-refractivity contribution in [2.75, 3.05) is 31.1 Å². The maximum Gasteiger partial charge on any atom is 0.421 e. The molecule has 1 saturated heterocycles. The maximum absolute atomic E-state index is 13.3. The van der Waals surface area contributed by atoms with E-state index >= 15 is 0 Å². The molecule has 1 fully saturated rings. The Bertz CT molecular complexity index is 1450. The van der Waals surface area contributed by atoms with Crippen molar-refractivity contribution in [3.8, 4) is 0 Å². The number of aliphatic hydroxyl groups is 1. The molecular weight excluding hydrogens is 563 g/mol. The lowest BCUT2D eigenvalue weighted by Crippen LogP contribution is -2.58. The molecule has 0 radical (unpaired) electrons. The molecule has 8 nitrogen and oxygen atoms in total. The van der Waals surface area contributed by atoms with E-state index in [1.54, 1.807) is 34.5 Å². The molecule has 2 unspecified atom stereocenters. The van der Waals surface area contributed by atoms with Crippen molar-refractivity contribution in [1.29, 1.82) is 0 Å². The maximum atomic E-state index is 13.3. The summed E-state index contributed by atoms with van der Waals surface area (Å²) in [6, 6.07) is 15.2. The molecule has 2 aromatic carbocycles. The summed E-state index contributed by atoms with van der Waals surface area (Å²) < 4.78 is 95.8. The lowest BCUT2D eigenvalue weighted by molar-refractivity contribution is -0.258. The summed E-state index contributed by atoms with van der Waals surface area (Å²) in [6.45, 7) is 0.703. The van der Waals surface area contributed by atoms with Gasteiger partial charge >= 0.3 is 6.18 Å². The highest BCUT2D eigenvalue weighted by Gasteiger charge is 2.51. The van der Waals surface area contributed by atoms with Crippen LogP contribution in [0.25, 0.3) is 0 Å². The molecule has 0 bridgehead atoms. The van der Waals surface area contributed by atoms with E-state index in [0.29, 0.717) is 12.6 Å². The summed E-state index contributed by atoms with van der Waals surface area (Å²) in [5.41, 5.74) is -2.94. The molecular formula is C24H26F3N3O5S3. The zero-order chi connectivity index (χ0) is 27.8. The molecule has 1 aliphatic heterocycles. The van der Waals surface area contributed by atoms with Crippen molar-refractivity contribution in [1.82, 2.24) is 9.03 Å². The Balaban J connectivity index is 1.61. The number of hydrogen-bond acceptors (Lipinski definition) is 7. The number of piperazine rings is 1. The predicted molar refractivity (Wildman–Crippen MR) is 138 cm³/mol. The first-order valence-electron chi connectivity index (χ1n) is 11.5. The van der Waals surface area contributed by atoms with Crippen LogP contribution in [-0.4, -0.2) is 64.6 Å². The summed E-state index contributed by atoms with van der Waals surface area (Å²) in [5.74, 6) is 0. The van der Waals surface area contributed by atoms with E-state index in [4.69, 9.17) is 0 Å². The number of hydrogen-bond donors (Lipinski definition) is 2. The average Bonchev–Trinajstić information content (AvgIpc) is 3.43. The van der Waals surface area contributed by atoms with Crippen LogP contribution in [0.15, 0.2) is 81.2 Å². The topological polar surface area (TPSA) is 107 Å². The quantitative estimate of drug-likeness (QED) is 0.417. The van der Waals surface area contributed by atoms with Crippen molar-refractivity contribution >= 4 is 37.1 Å². The van der Waals surface area contributed by atoms with Crippen LogP contribution in [0.4, 0.5) is 18.9 Å². The Morgan fingerprint density at radius 2 is 1.63 bits per heavy atom. The van der Waals surface area contributed by atoms with Crippen molar-refractivity contribution in [3.63, 3.8) is 0 Å². The molecule has 2 N–H and O–H groups in total. The van der Waals surface area contributed by atoms with Gasteiger partial charge in [-0.15, -0.1) is 11.3 Å². The van der Waals surface area contributed by atoms with Crippen LogP contribution in [0.1, 0.15) is 12.5 Å². The first kappa shape index (κ1) is 28.5. The van der Waals surface area contributed by atoms with E-state index in [1.165, 1.54) is 34.6 Å². The summed E-state index contributed by atoms with van der Waals surface area (Å²) >= 11 is 1.07. The minimum atomic E-state index is -4.88. The minimum Gasteiger partial charge on any atom is -0.376 e. The Hall–Kier alpha value is -2.49. The fraction of sp³-hybridized carbons (Fsp3) is 0.333. The van der Waals surface area contributed by atoms with Gasteiger partial charge in [0.1, 0.15) is 4.21 Å². The number of thiophene rings is 1. The van der Waals surface area contributed by atoms with Crippen LogP contribution in [0.5, 0.6) is 0 Å². The Morgan fingerprint density at radius 1 is 0.974 bits per heavy atom. The van der Waals surface area contributed by atoms with Crippen LogP contribution in [-0.2, 0) is 25.6 Å². The van der Waals surface area contributed by atoms with Gasteiger partial charge in [-0.25, -0.2) is 21.6 Å². The van der Waals surface area contributed by atoms with Gasteiger partial charge in [0.2, 0.25) is 10.0 Å². The molecule has 38 heavy (non-hydrogen) atoms. The third kappa shape index (κ3) is 5.75. The Labute approximate surface area is 223 Å². The molecule has 0 amide bonds. The average molecular weight is 590 g/mol. The number of benzene rings is 2. The first-order chi connectivity index (χ1) is 17.7. The second-order valence-electron chi connectivity index (χ2n) is 8.92. The highest BCUT2D eigenvalue weighted by Crippen LogP contribution is 2.39. The monoisotopic (exact) mass is 589 g/mol. The first-order valence-corrected chi connectivity index (χ1v) is 15.3. The largest absolute Gasteiger partial charge is 0.421 e. The number of alkyl halides is 3. The van der Waals surface area contributed by atoms with Crippen molar-refractivity contribution < 1.29 is 35.1 Å². The molecule has 1 aliphatic rings. The molecule has 2 heterocycles. The fourth-order valence-electron chi connectivity index (χ4n) is 4.13. The fourth-order valence-corrected chi connectivity index (χ4v) is 7.83. The highest BCUT2D eigenvalue weighted by molar-refractivity contribution is 7.91. The SMILES string of the molecule is CC(O)(c1ccc(N2CCN(S(=O)(=O)c3cccs3)CC2CNS(=O)(=O)c2ccccc2)cc1)C(F)(F)F. The van der Waals surface area contributed by atoms with Crippen LogP contribution in [0, 0.1) is 0 Å². The second kappa shape index (κ2) is 10.6. The zero-order valence-corrected chi connectivity index (χ0v) is 22.6. The van der Waals surface area contributed by atoms with Crippen LogP contribution >= 0.6 is 11.3 Å². The highest BCUT2D eigenvalue weighted by atomic mass is 32.2. The third-order valence-electron chi connectivity index (χ3n) is 6.41. The smallest absolute Gasteiger partial charge is 0.376 e. The normalized spacial score (nSPS) is 19.3. The number of rotatable bonds is 8. The van der Waals surface area contributed by atoms with E-state index in [2.05, 4.69) is 4.72 Å². The van der Waals surface area contributed by atoms with Crippen molar-refractivity contribution in [2.24, 2.45) is 0 Å². The van der Waals surface area contributed by atoms with Crippen molar-refractivity contribution in [2.45, 2.75) is 33.8 Å². The summed E-state index contributed by atoms with van der Waals surface area (Å²) in [6.07, 6.45) is -4.88. The van der Waals surface area contributed by atoms with Crippen LogP contribution in [0.2, 0.25) is 0 Å². The van der Waals surface area contributed by atoms with E-state index < -0.39 is 37.9 Å². The molecule has 0 saturated carbocycles. The van der Waals surface area contributed by atoms with E-state index in [-0.39, 0.29) is 40.8 Å². The number of nitrogens with one attached hydrogen (secondary N) is 1. The van der Waals surface area contributed by atoms with Gasteiger partial charge in [0.05, 0.1) is 10.9 Å². The summed E-state index contributed by atoms with van der Waals surface area (Å²) in [5, 5.41) is 11.6. The molecule has 14 heteroatoms. The van der Waals surface area contributed by atoms with Gasteiger partial charge in [0.15, 0.2) is 5.60 Å². The number of sulfonamides is 2. The molecule has 206 valence electrons. The van der Waals surface area contributed by atoms with Gasteiger partial charge < -0.3 is 10.0 Å². The van der Waals surface area contributed by atoms with Gasteiger partial charge in [-0.2, -0.15) is 17.5 Å². The summed E-state index contributed by atoms with van der Waals surface area (Å²) in [4.78, 5) is 1.80. The molecule has 2 atom stereocenters. The van der Waals surface area contributed by atoms with Crippen molar-refractivity contribution in [3.05, 3.63) is 77.7 Å². The van der Waals surface area contributed by atoms with Gasteiger partial charge in [0.25, 0.3) is 10.0 Å². The van der Waals surface area contributed by atoms with Gasteiger partial charge in [-0.3, -0.25) is 0 Å². The van der Waals surface area contributed by atoms with Gasteiger partial charge in [-0.05, 0) is 48.2 Å². The van der Waals surface area contributed by atoms with E-state index in [1.807, 2.05) is 0 Å². The van der Waals surface area contributed by atoms with Crippen LogP contribution in [0.3, 0.4) is 0 Å². The molecule has 0 aliphatic carbocycles. The van der Waals surface area contributed by atoms with Gasteiger partial charge in [-0.1, -0.05) is 36.4 Å². The molecule has 3 aromatic rings. The number of anilines is 1. The lowest BCUT2D eigenvalue weighted by atomic mass is 9.95. The predicted octanol–water partition coefficient (Wildman–Crippen LogP) is 3.38. The Kier molecular flexibility index (Phi) is 7.94. The minimum absolute atomic E-state index is 0.0455. The lowest BCUT2D eigenvalue weighted by Gasteiger charge is -2.42. The second-order valence-corrected chi connectivity index (χ2v) is 13.8. The summed E-state index contributed by atoms with van der Waals surface area (Å²) in [7, 11) is -7.72. The van der Waals surface area contributed by atoms with Gasteiger partial charge in [0, 0.05) is 31.9 Å². The molecule has 0 spiro atoms.